The van der Waals surface area contributed by atoms with E-state index < -0.39 is 0 Å². The molecule has 0 radical (unpaired) electrons. The van der Waals surface area contributed by atoms with Crippen molar-refractivity contribution in [2.75, 3.05) is 13.1 Å². The van der Waals surface area contributed by atoms with Crippen molar-refractivity contribution >= 4 is 5.91 Å². The topological polar surface area (TPSA) is 72.3 Å². The first-order valence-electron chi connectivity index (χ1n) is 8.15. The first-order chi connectivity index (χ1) is 11.6. The average molecular weight is 329 g/mol. The number of pyridine rings is 1. The quantitative estimate of drug-likeness (QED) is 0.859. The number of rotatable bonds is 6. The molecule has 0 spiro atoms. The Morgan fingerprint density at radius 1 is 1.42 bits per heavy atom. The van der Waals surface area contributed by atoms with Gasteiger partial charge in [-0.25, -0.2) is 0 Å². The van der Waals surface area contributed by atoms with Crippen LogP contribution in [0.15, 0.2) is 30.6 Å². The number of amides is 1. The van der Waals surface area contributed by atoms with Crippen LogP contribution in [0.5, 0.6) is 5.75 Å². The summed E-state index contributed by atoms with van der Waals surface area (Å²) in [7, 11) is 1.97. The summed E-state index contributed by atoms with van der Waals surface area (Å²) in [5.74, 6) is 0.738. The Balaban J connectivity index is 1.52. The lowest BCUT2D eigenvalue weighted by molar-refractivity contribution is -0.119. The highest BCUT2D eigenvalue weighted by Crippen LogP contribution is 2.20. The normalized spacial score (nSPS) is 17.8. The van der Waals surface area contributed by atoms with Crippen molar-refractivity contribution in [3.63, 3.8) is 0 Å². The van der Waals surface area contributed by atoms with Crippen LogP contribution >= 0.6 is 0 Å². The van der Waals surface area contributed by atoms with Crippen LogP contribution in [-0.2, 0) is 24.9 Å². The molecule has 1 fully saturated rings. The number of likely N-dealkylation sites (tertiary alicyclic amines) is 1. The van der Waals surface area contributed by atoms with Gasteiger partial charge in [0.1, 0.15) is 11.9 Å². The molecular weight excluding hydrogens is 306 g/mol. The van der Waals surface area contributed by atoms with Crippen molar-refractivity contribution in [3.05, 3.63) is 42.0 Å². The smallest absolute Gasteiger partial charge is 0.217 e. The van der Waals surface area contributed by atoms with Gasteiger partial charge in [-0.1, -0.05) is 0 Å². The minimum Gasteiger partial charge on any atom is -0.489 e. The number of aromatic nitrogens is 3. The summed E-state index contributed by atoms with van der Waals surface area (Å²) in [6.07, 6.45) is 4.72. The number of carbonyl (C=O) groups excluding carboxylic acids is 1. The van der Waals surface area contributed by atoms with Crippen molar-refractivity contribution in [2.45, 2.75) is 32.5 Å². The minimum absolute atomic E-state index is 0.0651. The maximum absolute atomic E-state index is 11.0. The molecule has 0 aromatic carbocycles. The van der Waals surface area contributed by atoms with Gasteiger partial charge in [0.25, 0.3) is 0 Å². The second kappa shape index (κ2) is 7.44. The Kier molecular flexibility index (Phi) is 5.10. The van der Waals surface area contributed by atoms with Crippen LogP contribution in [0, 0.1) is 0 Å². The van der Waals surface area contributed by atoms with Crippen molar-refractivity contribution < 1.29 is 9.53 Å². The van der Waals surface area contributed by atoms with Crippen molar-refractivity contribution in [1.29, 1.82) is 0 Å². The molecule has 24 heavy (non-hydrogen) atoms. The molecule has 2 aromatic heterocycles. The second-order valence-electron chi connectivity index (χ2n) is 6.10. The zero-order chi connectivity index (χ0) is 16.9. The van der Waals surface area contributed by atoms with E-state index in [1.807, 2.05) is 36.1 Å². The summed E-state index contributed by atoms with van der Waals surface area (Å²) in [5, 5.41) is 6.95. The van der Waals surface area contributed by atoms with Gasteiger partial charge in [0.05, 0.1) is 17.9 Å². The summed E-state index contributed by atoms with van der Waals surface area (Å²) in [5.41, 5.74) is 2.00. The molecule has 0 aliphatic carbocycles. The van der Waals surface area contributed by atoms with Crippen LogP contribution in [0.1, 0.15) is 24.7 Å². The summed E-state index contributed by atoms with van der Waals surface area (Å²) in [6, 6.07) is 5.80. The maximum Gasteiger partial charge on any atom is 0.217 e. The van der Waals surface area contributed by atoms with Gasteiger partial charge in [-0.15, -0.1) is 0 Å². The van der Waals surface area contributed by atoms with Gasteiger partial charge in [0.15, 0.2) is 0 Å². The molecule has 1 amide bonds. The molecule has 1 saturated heterocycles. The van der Waals surface area contributed by atoms with Gasteiger partial charge in [0.2, 0.25) is 5.91 Å². The van der Waals surface area contributed by atoms with E-state index in [1.54, 1.807) is 6.20 Å². The first-order valence-corrected chi connectivity index (χ1v) is 8.15. The van der Waals surface area contributed by atoms with E-state index in [1.165, 1.54) is 12.6 Å². The Labute approximate surface area is 141 Å². The van der Waals surface area contributed by atoms with Gasteiger partial charge in [-0.05, 0) is 18.6 Å². The first kappa shape index (κ1) is 16.4. The van der Waals surface area contributed by atoms with Crippen LogP contribution < -0.4 is 10.1 Å². The number of hydrogen-bond donors (Lipinski definition) is 1. The lowest BCUT2D eigenvalue weighted by atomic mass is 10.3. The van der Waals surface area contributed by atoms with E-state index in [9.17, 15) is 4.79 Å². The average Bonchev–Trinajstić information content (AvgIpc) is 3.16. The summed E-state index contributed by atoms with van der Waals surface area (Å²) in [6.45, 7) is 4.72. The van der Waals surface area contributed by atoms with Crippen molar-refractivity contribution in [3.8, 4) is 5.75 Å². The van der Waals surface area contributed by atoms with Crippen LogP contribution in [0.25, 0.3) is 0 Å². The molecule has 3 heterocycles. The predicted molar refractivity (Wildman–Crippen MR) is 89.3 cm³/mol. The SMILES string of the molecule is CC(=O)NCc1cc(OC2CCN(Cc3ccnn3C)C2)ccn1. The number of carbonyl (C=O) groups is 1. The zero-order valence-electron chi connectivity index (χ0n) is 14.1. The van der Waals surface area contributed by atoms with Gasteiger partial charge in [0, 0.05) is 52.1 Å². The molecule has 1 unspecified atom stereocenters. The Morgan fingerprint density at radius 3 is 3.04 bits per heavy atom. The fraction of sp³-hybridized carbons (Fsp3) is 0.471. The summed E-state index contributed by atoms with van der Waals surface area (Å²) < 4.78 is 7.99. The Morgan fingerprint density at radius 2 is 2.29 bits per heavy atom. The van der Waals surface area contributed by atoms with E-state index in [2.05, 4.69) is 20.3 Å². The number of nitrogens with one attached hydrogen (secondary N) is 1. The molecular formula is C17H23N5O2. The highest BCUT2D eigenvalue weighted by molar-refractivity contribution is 5.72. The molecule has 7 nitrogen and oxygen atoms in total. The Hall–Kier alpha value is -2.41. The minimum atomic E-state index is -0.0651. The van der Waals surface area contributed by atoms with Gasteiger partial charge < -0.3 is 10.1 Å². The van der Waals surface area contributed by atoms with E-state index in [0.717, 1.165) is 37.5 Å². The fourth-order valence-corrected chi connectivity index (χ4v) is 2.86. The molecule has 1 N–H and O–H groups in total. The molecule has 128 valence electrons. The molecule has 7 heteroatoms. The molecule has 0 bridgehead atoms. The lowest BCUT2D eigenvalue weighted by Crippen LogP contribution is -2.25. The standard InChI is InChI=1S/C17H23N5O2/c1-13(23)19-10-14-9-16(4-6-18-14)24-17-5-8-22(12-17)11-15-3-7-20-21(15)2/h3-4,6-7,9,17H,5,8,10-12H2,1-2H3,(H,19,23). The van der Waals surface area contributed by atoms with Gasteiger partial charge >= 0.3 is 0 Å². The summed E-state index contributed by atoms with van der Waals surface area (Å²) >= 11 is 0. The third-order valence-corrected chi connectivity index (χ3v) is 4.15. The number of hydrogen-bond acceptors (Lipinski definition) is 5. The van der Waals surface area contributed by atoms with Crippen LogP contribution in [0.3, 0.4) is 0 Å². The van der Waals surface area contributed by atoms with Crippen LogP contribution in [0.2, 0.25) is 0 Å². The molecule has 1 aliphatic heterocycles. The molecule has 2 aromatic rings. The molecule has 0 saturated carbocycles. The fourth-order valence-electron chi connectivity index (χ4n) is 2.86. The van der Waals surface area contributed by atoms with Crippen molar-refractivity contribution in [1.82, 2.24) is 25.0 Å². The molecule has 3 rings (SSSR count). The van der Waals surface area contributed by atoms with Crippen LogP contribution in [-0.4, -0.2) is 44.8 Å². The van der Waals surface area contributed by atoms with Gasteiger partial charge in [-0.2, -0.15) is 5.10 Å². The third kappa shape index (κ3) is 4.32. The zero-order valence-corrected chi connectivity index (χ0v) is 14.1. The van der Waals surface area contributed by atoms with Crippen LogP contribution in [0.4, 0.5) is 0 Å². The predicted octanol–water partition coefficient (Wildman–Crippen LogP) is 1.10. The molecule has 1 aliphatic rings. The third-order valence-electron chi connectivity index (χ3n) is 4.15. The van der Waals surface area contributed by atoms with E-state index in [0.29, 0.717) is 6.54 Å². The number of nitrogens with zero attached hydrogens (tertiary/aromatic N) is 4. The van der Waals surface area contributed by atoms with Crippen molar-refractivity contribution in [2.24, 2.45) is 7.05 Å². The second-order valence-corrected chi connectivity index (χ2v) is 6.10. The van der Waals surface area contributed by atoms with E-state index in [4.69, 9.17) is 4.74 Å². The highest BCUT2D eigenvalue weighted by atomic mass is 16.5. The highest BCUT2D eigenvalue weighted by Gasteiger charge is 2.24. The largest absolute Gasteiger partial charge is 0.489 e. The monoisotopic (exact) mass is 329 g/mol. The Bertz CT molecular complexity index is 700. The van der Waals surface area contributed by atoms with E-state index in [-0.39, 0.29) is 12.0 Å². The summed E-state index contributed by atoms with van der Waals surface area (Å²) in [4.78, 5) is 17.6. The maximum atomic E-state index is 11.0. The molecule has 1 atom stereocenters. The number of ether oxygens (including phenoxy) is 1. The van der Waals surface area contributed by atoms with E-state index >= 15 is 0 Å². The lowest BCUT2D eigenvalue weighted by Gasteiger charge is -2.17. The number of aryl methyl sites for hydroxylation is 1. The van der Waals surface area contributed by atoms with Gasteiger partial charge in [-0.3, -0.25) is 19.4 Å².